The number of rotatable bonds is 11. The maximum Gasteiger partial charge on any atom is 0.311 e. The second-order valence-corrected chi connectivity index (χ2v) is 12.5. The Labute approximate surface area is 248 Å². The number of esters is 1. The second-order valence-electron chi connectivity index (χ2n) is 11.6. The number of amides is 1. The normalized spacial score (nSPS) is 16.5. The van der Waals surface area contributed by atoms with Crippen molar-refractivity contribution in [1.82, 2.24) is 25.3 Å². The van der Waals surface area contributed by atoms with E-state index in [1.807, 2.05) is 34.6 Å². The Morgan fingerprint density at radius 3 is 2.45 bits per heavy atom. The lowest BCUT2D eigenvalue weighted by atomic mass is 9.79. The zero-order chi connectivity index (χ0) is 30.5. The number of aromatic nitrogens is 3. The largest absolute Gasteiger partial charge is 0.465 e. The molecule has 1 saturated heterocycles. The number of ether oxygens (including phenoxy) is 1. The minimum absolute atomic E-state index is 0.0321. The summed E-state index contributed by atoms with van der Waals surface area (Å²) in [6, 6.07) is 6.62. The number of halogens is 1. The zero-order valence-corrected chi connectivity index (χ0v) is 25.3. The Bertz CT molecular complexity index is 1380. The molecule has 0 unspecified atom stereocenters. The number of hydrogen-bond donors (Lipinski definition) is 3. The molecule has 3 aromatic rings. The van der Waals surface area contributed by atoms with Crippen LogP contribution < -0.4 is 16.0 Å². The molecule has 42 heavy (non-hydrogen) atoms. The Balaban J connectivity index is 1.34. The van der Waals surface area contributed by atoms with Crippen molar-refractivity contribution in [1.29, 1.82) is 0 Å². The molecule has 0 aliphatic carbocycles. The quantitative estimate of drug-likeness (QED) is 0.192. The van der Waals surface area contributed by atoms with Crippen LogP contribution in [0, 0.1) is 5.82 Å². The van der Waals surface area contributed by atoms with Crippen molar-refractivity contribution in [3.8, 4) is 0 Å². The molecule has 0 atom stereocenters. The SMILES string of the molecule is CCCCOC(=O)Cc1csc(Nc2nc(Nc3ccc(C(=O)NC4CC(C)(C)N([O])C(C)(C)C4)cc3)ncc2F)n1. The van der Waals surface area contributed by atoms with Gasteiger partial charge in [0.05, 0.1) is 24.9 Å². The summed E-state index contributed by atoms with van der Waals surface area (Å²) in [5.41, 5.74) is 0.422. The predicted molar refractivity (Wildman–Crippen MR) is 158 cm³/mol. The number of anilines is 4. The van der Waals surface area contributed by atoms with Gasteiger partial charge in [-0.05, 0) is 71.2 Å². The van der Waals surface area contributed by atoms with E-state index in [1.54, 1.807) is 29.6 Å². The molecule has 3 heterocycles. The van der Waals surface area contributed by atoms with Crippen molar-refractivity contribution in [2.24, 2.45) is 0 Å². The molecular formula is C29H37FN7O4S. The first-order chi connectivity index (χ1) is 19.9. The molecule has 0 bridgehead atoms. The Hall–Kier alpha value is -3.68. The topological polar surface area (TPSA) is 141 Å². The number of carbonyl (C=O) groups excluding carboxylic acids is 2. The third-order valence-electron chi connectivity index (χ3n) is 6.94. The number of piperidine rings is 1. The van der Waals surface area contributed by atoms with Crippen LogP contribution in [0.5, 0.6) is 0 Å². The number of hydroxylamine groups is 2. The Morgan fingerprint density at radius 2 is 1.79 bits per heavy atom. The van der Waals surface area contributed by atoms with Crippen LogP contribution in [-0.2, 0) is 21.2 Å². The number of unbranched alkanes of at least 4 members (excludes halogenated alkanes) is 1. The lowest BCUT2D eigenvalue weighted by Gasteiger charge is -2.50. The van der Waals surface area contributed by atoms with Crippen molar-refractivity contribution >= 4 is 45.8 Å². The molecule has 0 saturated carbocycles. The van der Waals surface area contributed by atoms with Gasteiger partial charge >= 0.3 is 5.97 Å². The molecule has 1 aliphatic heterocycles. The van der Waals surface area contributed by atoms with E-state index in [2.05, 4.69) is 30.9 Å². The highest BCUT2D eigenvalue weighted by Gasteiger charge is 2.46. The van der Waals surface area contributed by atoms with Crippen LogP contribution in [0.1, 0.15) is 76.4 Å². The van der Waals surface area contributed by atoms with E-state index in [1.165, 1.54) is 11.3 Å². The summed E-state index contributed by atoms with van der Waals surface area (Å²) < 4.78 is 19.6. The van der Waals surface area contributed by atoms with Gasteiger partial charge in [0.2, 0.25) is 5.95 Å². The van der Waals surface area contributed by atoms with E-state index in [-0.39, 0.29) is 36.1 Å². The molecule has 11 nitrogen and oxygen atoms in total. The van der Waals surface area contributed by atoms with E-state index in [0.29, 0.717) is 41.5 Å². The van der Waals surface area contributed by atoms with Crippen molar-refractivity contribution in [3.05, 3.63) is 52.9 Å². The molecule has 1 radical (unpaired) electrons. The van der Waals surface area contributed by atoms with Gasteiger partial charge < -0.3 is 20.7 Å². The third kappa shape index (κ3) is 7.99. The summed E-state index contributed by atoms with van der Waals surface area (Å²) in [6.07, 6.45) is 3.91. The van der Waals surface area contributed by atoms with Crippen molar-refractivity contribution < 1.29 is 23.9 Å². The lowest BCUT2D eigenvalue weighted by Crippen LogP contribution is -2.62. The molecular weight excluding hydrogens is 561 g/mol. The van der Waals surface area contributed by atoms with Gasteiger partial charge in [-0.25, -0.2) is 14.4 Å². The summed E-state index contributed by atoms with van der Waals surface area (Å²) in [5.74, 6) is -1.19. The fraction of sp³-hybridized carbons (Fsp3) is 0.483. The van der Waals surface area contributed by atoms with E-state index in [4.69, 9.17) is 4.74 Å². The van der Waals surface area contributed by atoms with Gasteiger partial charge in [-0.1, -0.05) is 13.3 Å². The maximum atomic E-state index is 14.5. The molecule has 13 heteroatoms. The fourth-order valence-corrected chi connectivity index (χ4v) is 5.77. The Kier molecular flexibility index (Phi) is 9.74. The number of hydrogen-bond acceptors (Lipinski definition) is 10. The summed E-state index contributed by atoms with van der Waals surface area (Å²) in [5, 5.41) is 24.7. The van der Waals surface area contributed by atoms with Gasteiger partial charge in [0.15, 0.2) is 16.8 Å². The van der Waals surface area contributed by atoms with Crippen molar-refractivity contribution in [3.63, 3.8) is 0 Å². The Morgan fingerprint density at radius 1 is 1.10 bits per heavy atom. The predicted octanol–water partition coefficient (Wildman–Crippen LogP) is 5.54. The highest BCUT2D eigenvalue weighted by molar-refractivity contribution is 7.13. The zero-order valence-electron chi connectivity index (χ0n) is 24.5. The summed E-state index contributed by atoms with van der Waals surface area (Å²) >= 11 is 1.22. The van der Waals surface area contributed by atoms with Crippen molar-refractivity contribution in [2.45, 2.75) is 83.8 Å². The van der Waals surface area contributed by atoms with Crippen LogP contribution in [0.15, 0.2) is 35.8 Å². The van der Waals surface area contributed by atoms with Crippen LogP contribution >= 0.6 is 11.3 Å². The van der Waals surface area contributed by atoms with Gasteiger partial charge in [-0.2, -0.15) is 4.98 Å². The summed E-state index contributed by atoms with van der Waals surface area (Å²) in [7, 11) is 0. The van der Waals surface area contributed by atoms with Crippen molar-refractivity contribution in [2.75, 3.05) is 17.2 Å². The molecule has 4 rings (SSSR count). The van der Waals surface area contributed by atoms with Gasteiger partial charge in [0, 0.05) is 33.8 Å². The molecule has 225 valence electrons. The number of nitrogens with one attached hydrogen (secondary N) is 3. The second kappa shape index (κ2) is 13.1. The first kappa shape index (κ1) is 31.3. The lowest BCUT2D eigenvalue weighted by molar-refractivity contribution is -0.289. The average molecular weight is 599 g/mol. The maximum absolute atomic E-state index is 14.5. The smallest absolute Gasteiger partial charge is 0.311 e. The highest BCUT2D eigenvalue weighted by Crippen LogP contribution is 2.37. The molecule has 1 aliphatic rings. The number of nitrogens with zero attached hydrogens (tertiary/aromatic N) is 4. The van der Waals surface area contributed by atoms with E-state index in [9.17, 15) is 19.2 Å². The molecule has 0 spiro atoms. The molecule has 3 N–H and O–H groups in total. The minimum Gasteiger partial charge on any atom is -0.465 e. The number of carbonyl (C=O) groups is 2. The standard InChI is InChI=1S/C29H37FN7O4S/c1-6-7-12-41-23(38)13-20-17-42-27(34-20)36-24-22(30)16-31-26(35-24)33-19-10-8-18(9-11-19)25(39)32-21-14-28(2,3)37(40)29(4,5)15-21/h8-11,16-17,21H,6-7,12-15H2,1-5H3,(H,32,39)(H2,31,33,34,35,36). The first-order valence-electron chi connectivity index (χ1n) is 13.9. The van der Waals surface area contributed by atoms with E-state index in [0.717, 1.165) is 24.1 Å². The number of benzene rings is 1. The van der Waals surface area contributed by atoms with Crippen LogP contribution in [0.25, 0.3) is 0 Å². The van der Waals surface area contributed by atoms with Gasteiger partial charge in [0.1, 0.15) is 0 Å². The van der Waals surface area contributed by atoms with Crippen LogP contribution in [-0.4, -0.2) is 55.6 Å². The minimum atomic E-state index is -0.669. The third-order valence-corrected chi connectivity index (χ3v) is 7.74. The molecule has 1 fully saturated rings. The molecule has 2 aromatic heterocycles. The van der Waals surface area contributed by atoms with Crippen LogP contribution in [0.4, 0.5) is 27.0 Å². The summed E-state index contributed by atoms with van der Waals surface area (Å²) in [6.45, 7) is 9.95. The fourth-order valence-electron chi connectivity index (χ4n) is 5.06. The van der Waals surface area contributed by atoms with E-state index < -0.39 is 16.9 Å². The van der Waals surface area contributed by atoms with Crippen LogP contribution in [0.3, 0.4) is 0 Å². The monoisotopic (exact) mass is 598 g/mol. The summed E-state index contributed by atoms with van der Waals surface area (Å²) in [4.78, 5) is 37.4. The van der Waals surface area contributed by atoms with E-state index >= 15 is 0 Å². The molecule has 1 amide bonds. The van der Waals surface area contributed by atoms with Gasteiger partial charge in [0.25, 0.3) is 5.91 Å². The number of thiazole rings is 1. The average Bonchev–Trinajstić information content (AvgIpc) is 3.35. The van der Waals surface area contributed by atoms with Gasteiger partial charge in [-0.3, -0.25) is 9.59 Å². The highest BCUT2D eigenvalue weighted by atomic mass is 32.1. The molecule has 1 aromatic carbocycles. The first-order valence-corrected chi connectivity index (χ1v) is 14.8. The van der Waals surface area contributed by atoms with Crippen LogP contribution in [0.2, 0.25) is 0 Å². The van der Waals surface area contributed by atoms with Gasteiger partial charge in [-0.15, -0.1) is 21.6 Å².